The number of aliphatic hydroxyl groups is 1. The van der Waals surface area contributed by atoms with Gasteiger partial charge in [0.25, 0.3) is 0 Å². The summed E-state index contributed by atoms with van der Waals surface area (Å²) in [6, 6.07) is -0.976. The number of carboxylic acids is 1. The quantitative estimate of drug-likeness (QED) is 0.0206. The molecule has 1 aromatic rings. The molecule has 7 atom stereocenters. The molecule has 0 bridgehead atoms. The average molecular weight is 877 g/mol. The number of hydrogen-bond donors (Lipinski definition) is 13. The molecule has 0 radical (unpaired) electrons. The molecule has 0 fully saturated rings. The number of guanidine groups is 1. The highest BCUT2D eigenvalue weighted by molar-refractivity contribution is 5.97. The van der Waals surface area contributed by atoms with E-state index in [4.69, 9.17) is 28.7 Å². The van der Waals surface area contributed by atoms with Crippen LogP contribution < -0.4 is 60.6 Å². The normalized spacial score (nSPS) is 14.4. The van der Waals surface area contributed by atoms with Crippen molar-refractivity contribution in [1.29, 1.82) is 0 Å². The number of aliphatic carboxylic acids is 1. The Morgan fingerprint density at radius 1 is 0.597 bits per heavy atom. The number of hydrogen-bond acceptors (Lipinski definition) is 12. The van der Waals surface area contributed by atoms with Crippen molar-refractivity contribution in [3.05, 3.63) is 35.9 Å². The Morgan fingerprint density at radius 2 is 1.03 bits per heavy atom. The van der Waals surface area contributed by atoms with Crippen LogP contribution in [0, 0.1) is 11.8 Å². The van der Waals surface area contributed by atoms with Crippen LogP contribution >= 0.6 is 0 Å². The lowest BCUT2D eigenvalue weighted by molar-refractivity contribution is -0.144. The van der Waals surface area contributed by atoms with Crippen molar-refractivity contribution >= 4 is 59.2 Å². The topological polar surface area (TPSA) is 409 Å². The molecule has 62 heavy (non-hydrogen) atoms. The molecule has 1 rings (SSSR count). The molecule has 0 spiro atoms. The summed E-state index contributed by atoms with van der Waals surface area (Å²) in [5, 5.41) is 34.1. The summed E-state index contributed by atoms with van der Waals surface area (Å²) in [5.74, 6) is -9.45. The summed E-state index contributed by atoms with van der Waals surface area (Å²) in [7, 11) is 0. The Labute approximate surface area is 359 Å². The summed E-state index contributed by atoms with van der Waals surface area (Å²) >= 11 is 0. The lowest BCUT2D eigenvalue weighted by Crippen LogP contribution is -2.60. The third-order valence-corrected chi connectivity index (χ3v) is 9.04. The molecule has 23 heteroatoms. The number of benzene rings is 1. The molecule has 0 aliphatic rings. The standard InChI is InChI=1S/C39H64N12O11/c1-20(2)15-26(48-32(55)23(40)17-22-9-6-5-7-10-22)35(58)46-24(11-8-14-45-39(43)44)33(56)47-25(12-13-30(41)53)34(57)51-29(19-52)37(60)49-27(16-21(3)4)36(59)50-28(38(61)62)18-31(42)54/h5-7,9-10,20-21,23-29,52H,8,11-19,40H2,1-4H3,(H2,41,53)(H2,42,54)(H,46,58)(H,47,56)(H,48,55)(H,49,60)(H,50,59)(H,51,57)(H,61,62)(H4,43,44,45)/t23-,24-,25-,26-,27-,28-,29-/m0/s1. The number of aliphatic imine (C=N–C) groups is 1. The molecule has 18 N–H and O–H groups in total. The van der Waals surface area contributed by atoms with Gasteiger partial charge in [-0.1, -0.05) is 58.0 Å². The molecule has 0 saturated heterocycles. The number of nitrogens with zero attached hydrogens (tertiary/aromatic N) is 1. The first-order chi connectivity index (χ1) is 29.0. The van der Waals surface area contributed by atoms with E-state index >= 15 is 0 Å². The number of carboxylic acid groups (broad SMARTS) is 1. The SMILES string of the molecule is CC(C)C[C@H](NC(=O)[C@H](CO)NC(=O)[C@H](CCC(N)=O)NC(=O)[C@H](CCCN=C(N)N)NC(=O)[C@H](CC(C)C)NC(=O)[C@@H](N)Cc1ccccc1)C(=O)N[C@@H](CC(N)=O)C(=O)O. The van der Waals surface area contributed by atoms with Crippen molar-refractivity contribution in [2.45, 2.75) is 121 Å². The number of primary amides is 2. The fourth-order valence-corrected chi connectivity index (χ4v) is 5.93. The largest absolute Gasteiger partial charge is 0.480 e. The number of nitrogens with two attached hydrogens (primary N) is 5. The maximum absolute atomic E-state index is 13.9. The molecule has 346 valence electrons. The molecule has 0 heterocycles. The number of aliphatic hydroxyl groups excluding tert-OH is 1. The van der Waals surface area contributed by atoms with Crippen molar-refractivity contribution in [3.8, 4) is 0 Å². The molecular formula is C39H64N12O11. The minimum absolute atomic E-state index is 0.0393. The van der Waals surface area contributed by atoms with E-state index in [9.17, 15) is 53.4 Å². The van der Waals surface area contributed by atoms with Crippen molar-refractivity contribution in [3.63, 3.8) is 0 Å². The van der Waals surface area contributed by atoms with Crippen LogP contribution in [0.25, 0.3) is 0 Å². The van der Waals surface area contributed by atoms with Crippen LogP contribution in [0.3, 0.4) is 0 Å². The van der Waals surface area contributed by atoms with Gasteiger partial charge in [-0.3, -0.25) is 43.3 Å². The fraction of sp³-hybridized carbons (Fsp3) is 0.590. The Morgan fingerprint density at radius 3 is 1.48 bits per heavy atom. The number of rotatable bonds is 29. The molecule has 0 aliphatic heterocycles. The summed E-state index contributed by atoms with van der Waals surface area (Å²) in [6.45, 7) is 6.05. The van der Waals surface area contributed by atoms with Gasteiger partial charge in [-0.05, 0) is 55.9 Å². The minimum atomic E-state index is -1.75. The van der Waals surface area contributed by atoms with E-state index in [2.05, 4.69) is 36.9 Å². The van der Waals surface area contributed by atoms with Gasteiger partial charge in [-0.25, -0.2) is 4.79 Å². The van der Waals surface area contributed by atoms with Gasteiger partial charge in [0.05, 0.1) is 19.1 Å². The zero-order valence-corrected chi connectivity index (χ0v) is 35.6. The summed E-state index contributed by atoms with van der Waals surface area (Å²) in [4.78, 5) is 120. The molecule has 0 aromatic heterocycles. The Kier molecular flexibility index (Phi) is 23.8. The van der Waals surface area contributed by atoms with E-state index in [0.29, 0.717) is 0 Å². The van der Waals surface area contributed by atoms with Gasteiger partial charge < -0.3 is 70.8 Å². The van der Waals surface area contributed by atoms with Crippen molar-refractivity contribution in [2.75, 3.05) is 13.2 Å². The Balaban J connectivity index is 3.34. The molecule has 1 aromatic carbocycles. The number of amides is 8. The molecule has 23 nitrogen and oxygen atoms in total. The van der Waals surface area contributed by atoms with Gasteiger partial charge in [0.1, 0.15) is 36.3 Å². The predicted octanol–water partition coefficient (Wildman–Crippen LogP) is -4.17. The molecule has 8 amide bonds. The van der Waals surface area contributed by atoms with Gasteiger partial charge in [0.15, 0.2) is 5.96 Å². The van der Waals surface area contributed by atoms with Crippen LogP contribution in [-0.2, 0) is 49.6 Å². The van der Waals surface area contributed by atoms with Crippen LogP contribution in [0.2, 0.25) is 0 Å². The maximum Gasteiger partial charge on any atom is 0.326 e. The van der Waals surface area contributed by atoms with Gasteiger partial charge in [0.2, 0.25) is 47.3 Å². The molecule has 0 saturated carbocycles. The third-order valence-electron chi connectivity index (χ3n) is 9.04. The van der Waals surface area contributed by atoms with Crippen molar-refractivity contribution < 1.29 is 53.4 Å². The maximum atomic E-state index is 13.9. The highest BCUT2D eigenvalue weighted by Crippen LogP contribution is 2.11. The zero-order valence-electron chi connectivity index (χ0n) is 35.6. The van der Waals surface area contributed by atoms with Crippen molar-refractivity contribution in [2.24, 2.45) is 45.5 Å². The van der Waals surface area contributed by atoms with Gasteiger partial charge >= 0.3 is 5.97 Å². The van der Waals surface area contributed by atoms with Gasteiger partial charge in [-0.2, -0.15) is 0 Å². The second-order valence-corrected chi connectivity index (χ2v) is 15.6. The zero-order chi connectivity index (χ0) is 47.1. The van der Waals surface area contributed by atoms with Crippen LogP contribution in [0.4, 0.5) is 0 Å². The van der Waals surface area contributed by atoms with E-state index in [1.54, 1.807) is 38.1 Å². The summed E-state index contributed by atoms with van der Waals surface area (Å²) < 4.78 is 0. The van der Waals surface area contributed by atoms with E-state index < -0.39 is 121 Å². The number of carbonyl (C=O) groups excluding carboxylic acids is 8. The molecule has 0 unspecified atom stereocenters. The lowest BCUT2D eigenvalue weighted by Gasteiger charge is -2.27. The van der Waals surface area contributed by atoms with E-state index in [-0.39, 0.29) is 56.4 Å². The van der Waals surface area contributed by atoms with Crippen LogP contribution in [-0.4, -0.2) is 125 Å². The highest BCUT2D eigenvalue weighted by Gasteiger charge is 2.34. The van der Waals surface area contributed by atoms with E-state index in [1.165, 1.54) is 0 Å². The average Bonchev–Trinajstić information content (AvgIpc) is 3.17. The number of carbonyl (C=O) groups is 9. The van der Waals surface area contributed by atoms with E-state index in [1.807, 2.05) is 19.9 Å². The third kappa shape index (κ3) is 21.2. The van der Waals surface area contributed by atoms with E-state index in [0.717, 1.165) is 5.56 Å². The van der Waals surface area contributed by atoms with Gasteiger partial charge in [-0.15, -0.1) is 0 Å². The summed E-state index contributed by atoms with van der Waals surface area (Å²) in [5.41, 5.74) is 28.3. The summed E-state index contributed by atoms with van der Waals surface area (Å²) in [6.07, 6.45) is -1.22. The minimum Gasteiger partial charge on any atom is -0.480 e. The first-order valence-corrected chi connectivity index (χ1v) is 20.1. The monoisotopic (exact) mass is 876 g/mol. The second-order valence-electron chi connectivity index (χ2n) is 15.6. The molecular weight excluding hydrogens is 813 g/mol. The number of nitrogens with one attached hydrogen (secondary N) is 6. The van der Waals surface area contributed by atoms with Gasteiger partial charge in [0, 0.05) is 13.0 Å². The highest BCUT2D eigenvalue weighted by atomic mass is 16.4. The smallest absolute Gasteiger partial charge is 0.326 e. The Bertz CT molecular complexity index is 1720. The first kappa shape index (κ1) is 53.7. The lowest BCUT2D eigenvalue weighted by atomic mass is 10.0. The van der Waals surface area contributed by atoms with Crippen LogP contribution in [0.5, 0.6) is 0 Å². The predicted molar refractivity (Wildman–Crippen MR) is 225 cm³/mol. The second kappa shape index (κ2) is 27.5. The fourth-order valence-electron chi connectivity index (χ4n) is 5.93. The van der Waals surface area contributed by atoms with Crippen LogP contribution in [0.15, 0.2) is 35.3 Å². The Hall–Kier alpha value is -6.36. The first-order valence-electron chi connectivity index (χ1n) is 20.1. The molecule has 0 aliphatic carbocycles. The van der Waals surface area contributed by atoms with Crippen molar-refractivity contribution in [1.82, 2.24) is 31.9 Å². The van der Waals surface area contributed by atoms with Crippen LogP contribution in [0.1, 0.15) is 78.2 Å².